The molecule has 0 aliphatic carbocycles. The molecule has 0 unspecified atom stereocenters. The summed E-state index contributed by atoms with van der Waals surface area (Å²) in [5.41, 5.74) is 0. The van der Waals surface area contributed by atoms with Gasteiger partial charge >= 0.3 is 0 Å². The van der Waals surface area contributed by atoms with Crippen molar-refractivity contribution in [2.45, 2.75) is 24.2 Å². The second-order valence-corrected chi connectivity index (χ2v) is 7.00. The first-order valence-corrected chi connectivity index (χ1v) is 7.34. The maximum Gasteiger partial charge on any atom is 0.254 e. The molecule has 1 fully saturated rings. The zero-order chi connectivity index (χ0) is 11.8. The summed E-state index contributed by atoms with van der Waals surface area (Å²) in [6.07, 6.45) is 1.47. The summed E-state index contributed by atoms with van der Waals surface area (Å²) in [4.78, 5) is 3.96. The van der Waals surface area contributed by atoms with Crippen LogP contribution in [0.25, 0.3) is 0 Å². The van der Waals surface area contributed by atoms with Crippen molar-refractivity contribution in [3.63, 3.8) is 0 Å². The molecule has 0 bridgehead atoms. The van der Waals surface area contributed by atoms with Crippen LogP contribution in [0.4, 0.5) is 0 Å². The van der Waals surface area contributed by atoms with Crippen LogP contribution in [0.5, 0.6) is 0 Å². The van der Waals surface area contributed by atoms with Crippen LogP contribution in [0, 0.1) is 6.92 Å². The maximum atomic E-state index is 12.0. The Hall–Kier alpha value is -0.500. The molecule has 5 nitrogen and oxygen atoms in total. The number of sulfonamides is 1. The molecule has 0 atom stereocenters. The first-order valence-electron chi connectivity index (χ1n) is 5.08. The van der Waals surface area contributed by atoms with Crippen molar-refractivity contribution in [3.8, 4) is 0 Å². The molecule has 1 saturated heterocycles. The smallest absolute Gasteiger partial charge is 0.254 e. The van der Waals surface area contributed by atoms with Crippen LogP contribution in [0.2, 0.25) is 0 Å². The normalized spacial score (nSPS) is 18.6. The molecular formula is C9H14N2O3S2. The predicted molar refractivity (Wildman–Crippen MR) is 61.0 cm³/mol. The molecular weight excluding hydrogens is 248 g/mol. The molecule has 1 aliphatic rings. The molecule has 0 N–H and O–H groups in total. The Morgan fingerprint density at radius 2 is 2.31 bits per heavy atom. The van der Waals surface area contributed by atoms with Crippen LogP contribution < -0.4 is 0 Å². The molecule has 0 aromatic carbocycles. The van der Waals surface area contributed by atoms with Gasteiger partial charge in [-0.25, -0.2) is 13.4 Å². The molecule has 0 saturated carbocycles. The van der Waals surface area contributed by atoms with Gasteiger partial charge in [0.25, 0.3) is 10.0 Å². The second-order valence-electron chi connectivity index (χ2n) is 3.60. The number of aryl methyl sites for hydroxylation is 1. The maximum absolute atomic E-state index is 12.0. The van der Waals surface area contributed by atoms with E-state index in [2.05, 4.69) is 4.98 Å². The van der Waals surface area contributed by atoms with Gasteiger partial charge in [-0.2, -0.15) is 4.31 Å². The predicted octanol–water partition coefficient (Wildman–Crippen LogP) is 0.861. The minimum atomic E-state index is -3.32. The first kappa shape index (κ1) is 12.0. The number of ether oxygens (including phenoxy) is 1. The number of hydrogen-bond donors (Lipinski definition) is 0. The Balaban J connectivity index is 2.05. The van der Waals surface area contributed by atoms with Gasteiger partial charge < -0.3 is 4.74 Å². The lowest BCUT2D eigenvalue weighted by Crippen LogP contribution is -2.54. The fourth-order valence-electron chi connectivity index (χ4n) is 1.53. The fourth-order valence-corrected chi connectivity index (χ4v) is 4.29. The molecule has 2 rings (SSSR count). The van der Waals surface area contributed by atoms with Crippen molar-refractivity contribution in [2.24, 2.45) is 0 Å². The van der Waals surface area contributed by atoms with E-state index in [0.29, 0.717) is 23.9 Å². The number of nitrogens with zero attached hydrogens (tertiary/aromatic N) is 2. The van der Waals surface area contributed by atoms with Gasteiger partial charge in [-0.05, 0) is 13.8 Å². The van der Waals surface area contributed by atoms with E-state index in [-0.39, 0.29) is 6.10 Å². The van der Waals surface area contributed by atoms with Gasteiger partial charge in [0.1, 0.15) is 0 Å². The van der Waals surface area contributed by atoms with Gasteiger partial charge in [-0.1, -0.05) is 0 Å². The molecule has 1 aromatic heterocycles. The molecule has 1 aliphatic heterocycles. The molecule has 0 amide bonds. The largest absolute Gasteiger partial charge is 0.376 e. The van der Waals surface area contributed by atoms with Gasteiger partial charge in [0.2, 0.25) is 0 Å². The summed E-state index contributed by atoms with van der Waals surface area (Å²) in [5.74, 6) is 0. The van der Waals surface area contributed by atoms with E-state index in [1.807, 2.05) is 6.92 Å². The monoisotopic (exact) mass is 262 g/mol. The Bertz CT molecular complexity index is 463. The van der Waals surface area contributed by atoms with Crippen LogP contribution in [0.1, 0.15) is 11.9 Å². The van der Waals surface area contributed by atoms with E-state index in [1.165, 1.54) is 21.8 Å². The minimum absolute atomic E-state index is 0.0498. The van der Waals surface area contributed by atoms with Crippen LogP contribution in [0.3, 0.4) is 0 Å². The quantitative estimate of drug-likeness (QED) is 0.807. The molecule has 16 heavy (non-hydrogen) atoms. The average Bonchev–Trinajstić information content (AvgIpc) is 2.57. The standard InChI is InChI=1S/C9H14N2O3S2/c1-3-14-8-5-11(6-8)16(12,13)9-4-10-7(2)15-9/h4,8H,3,5-6H2,1-2H3. The van der Waals surface area contributed by atoms with Crippen molar-refractivity contribution < 1.29 is 13.2 Å². The second kappa shape index (κ2) is 4.40. The van der Waals surface area contributed by atoms with E-state index in [0.717, 1.165) is 5.01 Å². The van der Waals surface area contributed by atoms with Gasteiger partial charge in [-0.3, -0.25) is 0 Å². The van der Waals surface area contributed by atoms with Crippen LogP contribution in [0.15, 0.2) is 10.4 Å². The molecule has 1 aromatic rings. The van der Waals surface area contributed by atoms with E-state index < -0.39 is 10.0 Å². The van der Waals surface area contributed by atoms with Crippen molar-refractivity contribution in [2.75, 3.05) is 19.7 Å². The lowest BCUT2D eigenvalue weighted by Gasteiger charge is -2.36. The third-order valence-electron chi connectivity index (χ3n) is 2.41. The highest BCUT2D eigenvalue weighted by Crippen LogP contribution is 2.26. The van der Waals surface area contributed by atoms with Gasteiger partial charge in [0, 0.05) is 19.7 Å². The third-order valence-corrected chi connectivity index (χ3v) is 5.59. The summed E-state index contributed by atoms with van der Waals surface area (Å²) < 4.78 is 31.1. The summed E-state index contributed by atoms with van der Waals surface area (Å²) >= 11 is 1.21. The number of thiazole rings is 1. The summed E-state index contributed by atoms with van der Waals surface area (Å²) in [5, 5.41) is 0.764. The number of hydrogen-bond acceptors (Lipinski definition) is 5. The van der Waals surface area contributed by atoms with Crippen LogP contribution >= 0.6 is 11.3 Å². The zero-order valence-corrected chi connectivity index (χ0v) is 10.8. The minimum Gasteiger partial charge on any atom is -0.376 e. The SMILES string of the molecule is CCOC1CN(S(=O)(=O)c2cnc(C)s2)C1. The Morgan fingerprint density at radius 1 is 1.62 bits per heavy atom. The van der Waals surface area contributed by atoms with Gasteiger partial charge in [0.05, 0.1) is 17.3 Å². The summed E-state index contributed by atoms with van der Waals surface area (Å²) in [6, 6.07) is 0. The fraction of sp³-hybridized carbons (Fsp3) is 0.667. The highest BCUT2D eigenvalue weighted by molar-refractivity contribution is 7.91. The Kier molecular flexibility index (Phi) is 3.29. The topological polar surface area (TPSA) is 59.5 Å². The van der Waals surface area contributed by atoms with Gasteiger partial charge in [0.15, 0.2) is 4.21 Å². The highest BCUT2D eigenvalue weighted by atomic mass is 32.2. The lowest BCUT2D eigenvalue weighted by atomic mass is 10.2. The van der Waals surface area contributed by atoms with Gasteiger partial charge in [-0.15, -0.1) is 11.3 Å². The Morgan fingerprint density at radius 3 is 2.81 bits per heavy atom. The van der Waals surface area contributed by atoms with Crippen LogP contribution in [-0.2, 0) is 14.8 Å². The third kappa shape index (κ3) is 2.13. The van der Waals surface area contributed by atoms with E-state index in [9.17, 15) is 8.42 Å². The van der Waals surface area contributed by atoms with Crippen molar-refractivity contribution in [1.29, 1.82) is 0 Å². The molecule has 2 heterocycles. The average molecular weight is 262 g/mol. The first-order chi connectivity index (χ1) is 7.54. The molecule has 0 radical (unpaired) electrons. The summed E-state index contributed by atoms with van der Waals surface area (Å²) in [6.45, 7) is 5.23. The van der Waals surface area contributed by atoms with Crippen molar-refractivity contribution in [3.05, 3.63) is 11.2 Å². The van der Waals surface area contributed by atoms with Crippen molar-refractivity contribution >= 4 is 21.4 Å². The number of aromatic nitrogens is 1. The zero-order valence-electron chi connectivity index (χ0n) is 9.21. The highest BCUT2D eigenvalue weighted by Gasteiger charge is 2.37. The van der Waals surface area contributed by atoms with Crippen LogP contribution in [-0.4, -0.2) is 43.5 Å². The number of rotatable bonds is 4. The Labute approximate surface area is 99.1 Å². The molecule has 0 spiro atoms. The van der Waals surface area contributed by atoms with Crippen molar-refractivity contribution in [1.82, 2.24) is 9.29 Å². The van der Waals surface area contributed by atoms with E-state index >= 15 is 0 Å². The molecule has 7 heteroatoms. The van der Waals surface area contributed by atoms with E-state index in [4.69, 9.17) is 4.74 Å². The summed E-state index contributed by atoms with van der Waals surface area (Å²) in [7, 11) is -3.32. The molecule has 90 valence electrons. The lowest BCUT2D eigenvalue weighted by molar-refractivity contribution is -0.0134. The van der Waals surface area contributed by atoms with E-state index in [1.54, 1.807) is 6.92 Å².